The van der Waals surface area contributed by atoms with E-state index in [9.17, 15) is 9.18 Å². The van der Waals surface area contributed by atoms with Crippen molar-refractivity contribution in [3.8, 4) is 0 Å². The largest absolute Gasteiger partial charge is 0.456 e. The first kappa shape index (κ1) is 8.74. The lowest BCUT2D eigenvalue weighted by Gasteiger charge is -2.04. The standard InChI is InChI=1S/C10H8FNO2/c11-7-1-3-8(4-2-7)12-9-5-10(13)14-6-9/h1-5,12H,6H2. The second-order valence-electron chi connectivity index (χ2n) is 2.91. The summed E-state index contributed by atoms with van der Waals surface area (Å²) in [7, 11) is 0. The maximum absolute atomic E-state index is 12.5. The van der Waals surface area contributed by atoms with E-state index in [0.29, 0.717) is 5.70 Å². The molecule has 1 aliphatic heterocycles. The highest BCUT2D eigenvalue weighted by Crippen LogP contribution is 2.13. The van der Waals surface area contributed by atoms with Gasteiger partial charge in [0.25, 0.3) is 0 Å². The number of carbonyl (C=O) groups is 1. The van der Waals surface area contributed by atoms with E-state index in [4.69, 9.17) is 4.74 Å². The number of cyclic esters (lactones) is 1. The number of nitrogens with one attached hydrogen (secondary N) is 1. The van der Waals surface area contributed by atoms with E-state index in [1.54, 1.807) is 12.1 Å². The molecule has 2 rings (SSSR count). The Morgan fingerprint density at radius 3 is 2.57 bits per heavy atom. The second kappa shape index (κ2) is 3.49. The molecule has 1 aliphatic rings. The van der Waals surface area contributed by atoms with Gasteiger partial charge in [-0.25, -0.2) is 9.18 Å². The number of esters is 1. The van der Waals surface area contributed by atoms with Gasteiger partial charge in [0, 0.05) is 11.8 Å². The normalized spacial score (nSPS) is 14.9. The van der Waals surface area contributed by atoms with Crippen molar-refractivity contribution < 1.29 is 13.9 Å². The number of benzene rings is 1. The fraction of sp³-hybridized carbons (Fsp3) is 0.100. The Morgan fingerprint density at radius 1 is 1.29 bits per heavy atom. The predicted octanol–water partition coefficient (Wildman–Crippen LogP) is 1.68. The van der Waals surface area contributed by atoms with Crippen molar-refractivity contribution in [2.75, 3.05) is 11.9 Å². The molecule has 72 valence electrons. The lowest BCUT2D eigenvalue weighted by atomic mass is 10.3. The maximum Gasteiger partial charge on any atom is 0.333 e. The van der Waals surface area contributed by atoms with Crippen LogP contribution in [0.5, 0.6) is 0 Å². The van der Waals surface area contributed by atoms with Crippen molar-refractivity contribution in [1.82, 2.24) is 0 Å². The van der Waals surface area contributed by atoms with E-state index in [1.807, 2.05) is 0 Å². The van der Waals surface area contributed by atoms with Gasteiger partial charge in [-0.1, -0.05) is 0 Å². The molecule has 0 atom stereocenters. The molecule has 1 aromatic carbocycles. The number of carbonyl (C=O) groups excluding carboxylic acids is 1. The van der Waals surface area contributed by atoms with Gasteiger partial charge in [0.2, 0.25) is 0 Å². The Labute approximate surface area is 80.2 Å². The van der Waals surface area contributed by atoms with E-state index in [1.165, 1.54) is 18.2 Å². The van der Waals surface area contributed by atoms with E-state index >= 15 is 0 Å². The van der Waals surface area contributed by atoms with Gasteiger partial charge in [-0.15, -0.1) is 0 Å². The molecule has 4 heteroatoms. The average molecular weight is 193 g/mol. The molecule has 0 saturated heterocycles. The Morgan fingerprint density at radius 2 is 2.00 bits per heavy atom. The Hall–Kier alpha value is -1.84. The summed E-state index contributed by atoms with van der Waals surface area (Å²) >= 11 is 0. The molecule has 1 N–H and O–H groups in total. The van der Waals surface area contributed by atoms with Crippen LogP contribution in [0.4, 0.5) is 10.1 Å². The fourth-order valence-electron chi connectivity index (χ4n) is 1.17. The minimum Gasteiger partial charge on any atom is -0.456 e. The fourth-order valence-corrected chi connectivity index (χ4v) is 1.17. The van der Waals surface area contributed by atoms with Crippen LogP contribution in [0.25, 0.3) is 0 Å². The van der Waals surface area contributed by atoms with Gasteiger partial charge >= 0.3 is 5.97 Å². The highest BCUT2D eigenvalue weighted by Gasteiger charge is 2.12. The summed E-state index contributed by atoms with van der Waals surface area (Å²) in [6, 6.07) is 5.89. The minimum atomic E-state index is -0.352. The molecule has 0 aliphatic carbocycles. The smallest absolute Gasteiger partial charge is 0.333 e. The van der Waals surface area contributed by atoms with E-state index in [0.717, 1.165) is 5.69 Å². The molecule has 0 amide bonds. The summed E-state index contributed by atoms with van der Waals surface area (Å²) < 4.78 is 17.2. The van der Waals surface area contributed by atoms with E-state index in [2.05, 4.69) is 5.32 Å². The molecular weight excluding hydrogens is 185 g/mol. The third-order valence-corrected chi connectivity index (χ3v) is 1.81. The van der Waals surface area contributed by atoms with Gasteiger partial charge < -0.3 is 10.1 Å². The van der Waals surface area contributed by atoms with Crippen molar-refractivity contribution in [3.05, 3.63) is 41.9 Å². The molecule has 0 unspecified atom stereocenters. The summed E-state index contributed by atoms with van der Waals surface area (Å²) in [4.78, 5) is 10.7. The first-order chi connectivity index (χ1) is 6.74. The number of halogens is 1. The molecule has 0 fully saturated rings. The zero-order chi connectivity index (χ0) is 9.97. The number of anilines is 1. The first-order valence-corrected chi connectivity index (χ1v) is 4.14. The molecule has 0 aromatic heterocycles. The Kier molecular flexibility index (Phi) is 2.18. The average Bonchev–Trinajstić information content (AvgIpc) is 2.56. The third kappa shape index (κ3) is 1.90. The molecule has 14 heavy (non-hydrogen) atoms. The molecular formula is C10H8FNO2. The summed E-state index contributed by atoms with van der Waals surface area (Å²) in [5.41, 5.74) is 1.41. The quantitative estimate of drug-likeness (QED) is 0.726. The van der Waals surface area contributed by atoms with Crippen LogP contribution in [0.15, 0.2) is 36.0 Å². The van der Waals surface area contributed by atoms with Crippen LogP contribution in [-0.4, -0.2) is 12.6 Å². The lowest BCUT2D eigenvalue weighted by Crippen LogP contribution is -2.00. The molecule has 1 aromatic rings. The summed E-state index contributed by atoms with van der Waals surface area (Å²) in [6.45, 7) is 0.246. The summed E-state index contributed by atoms with van der Waals surface area (Å²) in [5, 5.41) is 2.95. The highest BCUT2D eigenvalue weighted by atomic mass is 19.1. The van der Waals surface area contributed by atoms with Crippen LogP contribution in [0, 0.1) is 5.82 Å². The highest BCUT2D eigenvalue weighted by molar-refractivity contribution is 5.86. The van der Waals surface area contributed by atoms with Crippen LogP contribution in [0.2, 0.25) is 0 Å². The van der Waals surface area contributed by atoms with Crippen LogP contribution in [0.3, 0.4) is 0 Å². The minimum absolute atomic E-state index is 0.246. The second-order valence-corrected chi connectivity index (χ2v) is 2.91. The van der Waals surface area contributed by atoms with E-state index in [-0.39, 0.29) is 18.4 Å². The van der Waals surface area contributed by atoms with Gasteiger partial charge in [-0.2, -0.15) is 0 Å². The summed E-state index contributed by atoms with van der Waals surface area (Å²) in [6.07, 6.45) is 1.38. The number of hydrogen-bond acceptors (Lipinski definition) is 3. The Bertz CT molecular complexity index is 384. The molecule has 0 bridgehead atoms. The van der Waals surface area contributed by atoms with Crippen molar-refractivity contribution in [1.29, 1.82) is 0 Å². The van der Waals surface area contributed by atoms with E-state index < -0.39 is 0 Å². The monoisotopic (exact) mass is 193 g/mol. The van der Waals surface area contributed by atoms with Crippen LogP contribution in [0.1, 0.15) is 0 Å². The molecule has 0 radical (unpaired) electrons. The number of ether oxygens (including phenoxy) is 1. The molecule has 0 saturated carbocycles. The van der Waals surface area contributed by atoms with Gasteiger partial charge in [0.15, 0.2) is 0 Å². The van der Waals surface area contributed by atoms with Crippen LogP contribution < -0.4 is 5.32 Å². The first-order valence-electron chi connectivity index (χ1n) is 4.14. The maximum atomic E-state index is 12.5. The van der Waals surface area contributed by atoms with Crippen molar-refractivity contribution in [2.24, 2.45) is 0 Å². The van der Waals surface area contributed by atoms with Crippen molar-refractivity contribution in [2.45, 2.75) is 0 Å². The van der Waals surface area contributed by atoms with Gasteiger partial charge in [0.1, 0.15) is 12.4 Å². The topological polar surface area (TPSA) is 38.3 Å². The number of rotatable bonds is 2. The lowest BCUT2D eigenvalue weighted by molar-refractivity contribution is -0.134. The molecule has 0 spiro atoms. The van der Waals surface area contributed by atoms with Gasteiger partial charge in [-0.05, 0) is 24.3 Å². The van der Waals surface area contributed by atoms with Gasteiger partial charge in [-0.3, -0.25) is 0 Å². The van der Waals surface area contributed by atoms with Crippen LogP contribution >= 0.6 is 0 Å². The van der Waals surface area contributed by atoms with Crippen molar-refractivity contribution in [3.63, 3.8) is 0 Å². The van der Waals surface area contributed by atoms with Gasteiger partial charge in [0.05, 0.1) is 5.70 Å². The molecule has 3 nitrogen and oxygen atoms in total. The zero-order valence-corrected chi connectivity index (χ0v) is 7.29. The Balaban J connectivity index is 2.08. The zero-order valence-electron chi connectivity index (χ0n) is 7.29. The predicted molar refractivity (Wildman–Crippen MR) is 49.1 cm³/mol. The molecule has 1 heterocycles. The SMILES string of the molecule is O=C1C=C(Nc2ccc(F)cc2)CO1. The third-order valence-electron chi connectivity index (χ3n) is 1.81. The number of hydrogen-bond donors (Lipinski definition) is 1. The summed E-state index contributed by atoms with van der Waals surface area (Å²) in [5.74, 6) is -0.641. The van der Waals surface area contributed by atoms with Crippen molar-refractivity contribution >= 4 is 11.7 Å². The van der Waals surface area contributed by atoms with Crippen LogP contribution in [-0.2, 0) is 9.53 Å².